The zero-order valence-corrected chi connectivity index (χ0v) is 13.4. The number of nitrogens with zero attached hydrogens (tertiary/aromatic N) is 1. The van der Waals surface area contributed by atoms with E-state index in [4.69, 9.17) is 4.74 Å². The zero-order chi connectivity index (χ0) is 16.1. The minimum Gasteiger partial charge on any atom is -0.495 e. The van der Waals surface area contributed by atoms with Crippen molar-refractivity contribution < 1.29 is 9.53 Å². The minimum atomic E-state index is 0.0554. The van der Waals surface area contributed by atoms with E-state index in [1.165, 1.54) is 5.69 Å². The SMILES string of the molecule is COc1ccccc1NC(=O)C1CCN(c2ccccc2)CC1. The Labute approximate surface area is 137 Å². The molecule has 1 aliphatic rings. The fourth-order valence-corrected chi connectivity index (χ4v) is 3.02. The van der Waals surface area contributed by atoms with Crippen LogP contribution in [-0.4, -0.2) is 26.1 Å². The van der Waals surface area contributed by atoms with E-state index in [-0.39, 0.29) is 11.8 Å². The molecule has 1 heterocycles. The summed E-state index contributed by atoms with van der Waals surface area (Å²) in [6.45, 7) is 1.82. The van der Waals surface area contributed by atoms with E-state index in [1.807, 2.05) is 30.3 Å². The van der Waals surface area contributed by atoms with Crippen molar-refractivity contribution in [1.29, 1.82) is 0 Å². The number of ether oxygens (including phenoxy) is 1. The van der Waals surface area contributed by atoms with E-state index in [0.717, 1.165) is 31.6 Å². The van der Waals surface area contributed by atoms with Gasteiger partial charge in [-0.15, -0.1) is 0 Å². The summed E-state index contributed by atoms with van der Waals surface area (Å²) >= 11 is 0. The van der Waals surface area contributed by atoms with Crippen LogP contribution in [0, 0.1) is 5.92 Å². The van der Waals surface area contributed by atoms with Crippen molar-refractivity contribution in [2.45, 2.75) is 12.8 Å². The van der Waals surface area contributed by atoms with Gasteiger partial charge in [0.15, 0.2) is 0 Å². The Morgan fingerprint density at radius 3 is 2.39 bits per heavy atom. The second-order valence-corrected chi connectivity index (χ2v) is 5.79. The number of benzene rings is 2. The smallest absolute Gasteiger partial charge is 0.227 e. The highest BCUT2D eigenvalue weighted by atomic mass is 16.5. The first-order valence-corrected chi connectivity index (χ1v) is 8.02. The zero-order valence-electron chi connectivity index (χ0n) is 13.4. The molecule has 4 heteroatoms. The maximum absolute atomic E-state index is 12.5. The quantitative estimate of drug-likeness (QED) is 0.939. The van der Waals surface area contributed by atoms with Gasteiger partial charge in [-0.05, 0) is 37.1 Å². The largest absolute Gasteiger partial charge is 0.495 e. The van der Waals surface area contributed by atoms with Crippen LogP contribution in [0.5, 0.6) is 5.75 Å². The summed E-state index contributed by atoms with van der Waals surface area (Å²) in [6.07, 6.45) is 1.74. The molecular formula is C19H22N2O2. The molecule has 0 spiro atoms. The van der Waals surface area contributed by atoms with Crippen LogP contribution in [0.2, 0.25) is 0 Å². The average molecular weight is 310 g/mol. The van der Waals surface area contributed by atoms with Crippen molar-refractivity contribution in [3.05, 3.63) is 54.6 Å². The lowest BCUT2D eigenvalue weighted by Gasteiger charge is -2.33. The predicted molar refractivity (Wildman–Crippen MR) is 93.0 cm³/mol. The van der Waals surface area contributed by atoms with Crippen molar-refractivity contribution >= 4 is 17.3 Å². The van der Waals surface area contributed by atoms with Crippen molar-refractivity contribution in [1.82, 2.24) is 0 Å². The van der Waals surface area contributed by atoms with Gasteiger partial charge in [-0.1, -0.05) is 30.3 Å². The van der Waals surface area contributed by atoms with Crippen LogP contribution in [0.25, 0.3) is 0 Å². The van der Waals surface area contributed by atoms with E-state index >= 15 is 0 Å². The van der Waals surface area contributed by atoms with E-state index < -0.39 is 0 Å². The lowest BCUT2D eigenvalue weighted by atomic mass is 9.95. The standard InChI is InChI=1S/C19H22N2O2/c1-23-18-10-6-5-9-17(18)20-19(22)15-11-13-21(14-12-15)16-7-3-2-4-8-16/h2-10,15H,11-14H2,1H3,(H,20,22). The number of nitrogens with one attached hydrogen (secondary N) is 1. The molecule has 1 fully saturated rings. The summed E-state index contributed by atoms with van der Waals surface area (Å²) in [5.41, 5.74) is 1.97. The number of piperidine rings is 1. The summed E-state index contributed by atoms with van der Waals surface area (Å²) in [4.78, 5) is 14.8. The first-order chi connectivity index (χ1) is 11.3. The lowest BCUT2D eigenvalue weighted by molar-refractivity contribution is -0.120. The first-order valence-electron chi connectivity index (χ1n) is 8.02. The molecule has 1 amide bonds. The van der Waals surface area contributed by atoms with Crippen LogP contribution in [0.3, 0.4) is 0 Å². The Hall–Kier alpha value is -2.49. The van der Waals surface area contributed by atoms with Crippen molar-refractivity contribution in [2.75, 3.05) is 30.4 Å². The summed E-state index contributed by atoms with van der Waals surface area (Å²) < 4.78 is 5.29. The molecule has 1 saturated heterocycles. The third-order valence-corrected chi connectivity index (χ3v) is 4.35. The van der Waals surface area contributed by atoms with Crippen molar-refractivity contribution in [3.8, 4) is 5.75 Å². The van der Waals surface area contributed by atoms with E-state index in [1.54, 1.807) is 7.11 Å². The number of amides is 1. The predicted octanol–water partition coefficient (Wildman–Crippen LogP) is 3.55. The molecule has 2 aromatic carbocycles. The number of hydrogen-bond donors (Lipinski definition) is 1. The summed E-state index contributed by atoms with van der Waals surface area (Å²) in [6, 6.07) is 17.9. The van der Waals surface area contributed by atoms with Crippen molar-refractivity contribution in [3.63, 3.8) is 0 Å². The molecule has 1 N–H and O–H groups in total. The maximum Gasteiger partial charge on any atom is 0.227 e. The summed E-state index contributed by atoms with van der Waals surface area (Å²) in [7, 11) is 1.61. The Morgan fingerprint density at radius 1 is 1.04 bits per heavy atom. The molecule has 3 rings (SSSR count). The topological polar surface area (TPSA) is 41.6 Å². The molecule has 0 aliphatic carbocycles. The van der Waals surface area contributed by atoms with Gasteiger partial charge in [0.05, 0.1) is 12.8 Å². The molecule has 23 heavy (non-hydrogen) atoms. The van der Waals surface area contributed by atoms with Crippen LogP contribution in [0.1, 0.15) is 12.8 Å². The lowest BCUT2D eigenvalue weighted by Crippen LogP contribution is -2.38. The first kappa shape index (κ1) is 15.4. The molecule has 120 valence electrons. The highest BCUT2D eigenvalue weighted by Gasteiger charge is 2.25. The van der Waals surface area contributed by atoms with Gasteiger partial charge in [-0.25, -0.2) is 0 Å². The van der Waals surface area contributed by atoms with Gasteiger partial charge in [-0.3, -0.25) is 4.79 Å². The molecule has 0 bridgehead atoms. The van der Waals surface area contributed by atoms with Gasteiger partial charge >= 0.3 is 0 Å². The fourth-order valence-electron chi connectivity index (χ4n) is 3.02. The molecule has 0 radical (unpaired) electrons. The fraction of sp³-hybridized carbons (Fsp3) is 0.316. The third kappa shape index (κ3) is 3.65. The van der Waals surface area contributed by atoms with Gasteiger partial charge in [0.25, 0.3) is 0 Å². The normalized spacial score (nSPS) is 15.3. The van der Waals surface area contributed by atoms with Gasteiger partial charge in [0.2, 0.25) is 5.91 Å². The second kappa shape index (κ2) is 7.18. The number of anilines is 2. The minimum absolute atomic E-state index is 0.0554. The molecule has 0 saturated carbocycles. The van der Waals surface area contributed by atoms with E-state index in [9.17, 15) is 4.79 Å². The van der Waals surface area contributed by atoms with Crippen molar-refractivity contribution in [2.24, 2.45) is 5.92 Å². The monoisotopic (exact) mass is 310 g/mol. The number of carbonyl (C=O) groups excluding carboxylic acids is 1. The Kier molecular flexibility index (Phi) is 4.81. The molecule has 0 unspecified atom stereocenters. The summed E-state index contributed by atoms with van der Waals surface area (Å²) in [5, 5.41) is 3.00. The average Bonchev–Trinajstić information content (AvgIpc) is 2.63. The maximum atomic E-state index is 12.5. The molecule has 0 aromatic heterocycles. The van der Waals surface area contributed by atoms with Gasteiger partial charge in [0, 0.05) is 24.7 Å². The molecule has 2 aromatic rings. The molecule has 1 aliphatic heterocycles. The van der Waals surface area contributed by atoms with Gasteiger partial charge in [-0.2, -0.15) is 0 Å². The second-order valence-electron chi connectivity index (χ2n) is 5.79. The Balaban J connectivity index is 1.58. The number of para-hydroxylation sites is 3. The molecular weight excluding hydrogens is 288 g/mol. The Bertz CT molecular complexity index is 649. The molecule has 0 atom stereocenters. The Morgan fingerprint density at radius 2 is 1.70 bits per heavy atom. The van der Waals surface area contributed by atoms with Crippen LogP contribution in [-0.2, 0) is 4.79 Å². The number of methoxy groups -OCH3 is 1. The number of carbonyl (C=O) groups is 1. The third-order valence-electron chi connectivity index (χ3n) is 4.35. The summed E-state index contributed by atoms with van der Waals surface area (Å²) in [5.74, 6) is 0.838. The molecule has 4 nitrogen and oxygen atoms in total. The van der Waals surface area contributed by atoms with Gasteiger partial charge in [0.1, 0.15) is 5.75 Å². The van der Waals surface area contributed by atoms with E-state index in [2.05, 4.69) is 34.5 Å². The van der Waals surface area contributed by atoms with Crippen LogP contribution in [0.15, 0.2) is 54.6 Å². The van der Waals surface area contributed by atoms with E-state index in [0.29, 0.717) is 5.75 Å². The van der Waals surface area contributed by atoms with Crippen LogP contribution in [0.4, 0.5) is 11.4 Å². The van der Waals surface area contributed by atoms with Crippen LogP contribution < -0.4 is 15.0 Å². The van der Waals surface area contributed by atoms with Crippen LogP contribution >= 0.6 is 0 Å². The number of rotatable bonds is 4. The highest BCUT2D eigenvalue weighted by Crippen LogP contribution is 2.27. The van der Waals surface area contributed by atoms with Gasteiger partial charge < -0.3 is 15.0 Å². The highest BCUT2D eigenvalue weighted by molar-refractivity contribution is 5.94. The number of hydrogen-bond acceptors (Lipinski definition) is 3.